The Morgan fingerprint density at radius 3 is 2.78 bits per heavy atom. The minimum atomic E-state index is -0.272. The van der Waals surface area contributed by atoms with E-state index >= 15 is 0 Å². The van der Waals surface area contributed by atoms with Gasteiger partial charge < -0.3 is 0 Å². The summed E-state index contributed by atoms with van der Waals surface area (Å²) in [5.41, 5.74) is 3.66. The lowest BCUT2D eigenvalue weighted by molar-refractivity contribution is 0.0973. The van der Waals surface area contributed by atoms with Gasteiger partial charge in [-0.3, -0.25) is 4.79 Å². The molecular formula is C16H13FO. The lowest BCUT2D eigenvalue weighted by Gasteiger charge is -2.08. The smallest absolute Gasteiger partial charge is 0.170 e. The Bertz CT molecular complexity index is 631. The third-order valence-corrected chi connectivity index (χ3v) is 3.52. The number of hydrogen-bond acceptors (Lipinski definition) is 1. The van der Waals surface area contributed by atoms with Gasteiger partial charge in [-0.2, -0.15) is 0 Å². The van der Waals surface area contributed by atoms with Crippen molar-refractivity contribution in [1.29, 1.82) is 0 Å². The second kappa shape index (κ2) is 4.05. The third-order valence-electron chi connectivity index (χ3n) is 3.52. The van der Waals surface area contributed by atoms with E-state index in [1.165, 1.54) is 12.1 Å². The van der Waals surface area contributed by atoms with Gasteiger partial charge in [0, 0.05) is 5.56 Å². The molecule has 0 saturated carbocycles. The van der Waals surface area contributed by atoms with Gasteiger partial charge in [0.1, 0.15) is 5.82 Å². The third kappa shape index (κ3) is 1.74. The van der Waals surface area contributed by atoms with Crippen molar-refractivity contribution in [2.45, 2.75) is 19.3 Å². The number of halogens is 1. The molecular weight excluding hydrogens is 227 g/mol. The fourth-order valence-electron chi connectivity index (χ4n) is 2.63. The van der Waals surface area contributed by atoms with E-state index < -0.39 is 0 Å². The average molecular weight is 240 g/mol. The summed E-state index contributed by atoms with van der Waals surface area (Å²) in [4.78, 5) is 12.3. The molecule has 0 N–H and O–H groups in total. The summed E-state index contributed by atoms with van der Waals surface area (Å²) in [5.74, 6) is -0.316. The predicted molar refractivity (Wildman–Crippen MR) is 68.4 cm³/mol. The van der Waals surface area contributed by atoms with Gasteiger partial charge in [0.2, 0.25) is 0 Å². The summed E-state index contributed by atoms with van der Waals surface area (Å²) in [7, 11) is 0. The Kier molecular flexibility index (Phi) is 2.51. The van der Waals surface area contributed by atoms with Gasteiger partial charge in [-0.25, -0.2) is 4.39 Å². The van der Waals surface area contributed by atoms with Crippen LogP contribution in [0, 0.1) is 12.7 Å². The van der Waals surface area contributed by atoms with Gasteiger partial charge in [-0.1, -0.05) is 29.8 Å². The molecule has 90 valence electrons. The van der Waals surface area contributed by atoms with E-state index in [4.69, 9.17) is 0 Å². The van der Waals surface area contributed by atoms with E-state index in [0.717, 1.165) is 16.7 Å². The van der Waals surface area contributed by atoms with E-state index in [9.17, 15) is 9.18 Å². The summed E-state index contributed by atoms with van der Waals surface area (Å²) < 4.78 is 13.2. The lowest BCUT2D eigenvalue weighted by Crippen LogP contribution is -2.06. The molecule has 0 radical (unpaired) electrons. The van der Waals surface area contributed by atoms with Crippen molar-refractivity contribution >= 4 is 5.78 Å². The van der Waals surface area contributed by atoms with Crippen LogP contribution in [0.4, 0.5) is 4.39 Å². The van der Waals surface area contributed by atoms with Gasteiger partial charge in [-0.05, 0) is 42.7 Å². The number of ketones is 1. The van der Waals surface area contributed by atoms with Gasteiger partial charge in [0.15, 0.2) is 5.78 Å². The van der Waals surface area contributed by atoms with Crippen LogP contribution in [-0.4, -0.2) is 5.78 Å². The van der Waals surface area contributed by atoms with Crippen LogP contribution < -0.4 is 0 Å². The molecule has 0 aliphatic heterocycles. The Morgan fingerprint density at radius 2 is 2.00 bits per heavy atom. The summed E-state index contributed by atoms with van der Waals surface area (Å²) in [6, 6.07) is 12.4. The molecule has 18 heavy (non-hydrogen) atoms. The highest BCUT2D eigenvalue weighted by atomic mass is 19.1. The first kappa shape index (κ1) is 11.1. The zero-order valence-electron chi connectivity index (χ0n) is 10.1. The van der Waals surface area contributed by atoms with Crippen LogP contribution in [0.3, 0.4) is 0 Å². The summed E-state index contributed by atoms with van der Waals surface area (Å²) in [6.45, 7) is 2.01. The minimum Gasteiger partial charge on any atom is -0.293 e. The van der Waals surface area contributed by atoms with Crippen molar-refractivity contribution in [2.75, 3.05) is 0 Å². The van der Waals surface area contributed by atoms with Crippen LogP contribution in [0.15, 0.2) is 42.5 Å². The molecule has 1 nitrogen and oxygen atoms in total. The summed E-state index contributed by atoms with van der Waals surface area (Å²) in [6.07, 6.45) is 0.607. The zero-order valence-corrected chi connectivity index (χ0v) is 10.1. The molecule has 2 heteroatoms. The van der Waals surface area contributed by atoms with Crippen LogP contribution in [0.25, 0.3) is 0 Å². The van der Waals surface area contributed by atoms with Crippen molar-refractivity contribution in [1.82, 2.24) is 0 Å². The molecule has 0 saturated heterocycles. The second-order valence-electron chi connectivity index (χ2n) is 4.84. The van der Waals surface area contributed by atoms with Crippen LogP contribution in [0.5, 0.6) is 0 Å². The van der Waals surface area contributed by atoms with Gasteiger partial charge >= 0.3 is 0 Å². The van der Waals surface area contributed by atoms with E-state index in [1.807, 2.05) is 31.2 Å². The fraction of sp³-hybridized carbons (Fsp3) is 0.188. The van der Waals surface area contributed by atoms with E-state index in [2.05, 4.69) is 0 Å². The molecule has 2 aromatic carbocycles. The zero-order chi connectivity index (χ0) is 12.7. The van der Waals surface area contributed by atoms with E-state index in [0.29, 0.717) is 12.0 Å². The fourth-order valence-corrected chi connectivity index (χ4v) is 2.63. The molecule has 0 heterocycles. The molecule has 1 aliphatic rings. The van der Waals surface area contributed by atoms with E-state index in [1.54, 1.807) is 6.07 Å². The van der Waals surface area contributed by atoms with Crippen LogP contribution in [0.1, 0.15) is 33.0 Å². The van der Waals surface area contributed by atoms with Crippen LogP contribution in [0.2, 0.25) is 0 Å². The van der Waals surface area contributed by atoms with E-state index in [-0.39, 0.29) is 17.5 Å². The van der Waals surface area contributed by atoms with Crippen molar-refractivity contribution in [3.63, 3.8) is 0 Å². The number of fused-ring (bicyclic) bond motifs is 1. The Morgan fingerprint density at radius 1 is 1.17 bits per heavy atom. The highest BCUT2D eigenvalue weighted by Crippen LogP contribution is 2.34. The number of hydrogen-bond donors (Lipinski definition) is 0. The number of carbonyl (C=O) groups is 1. The molecule has 0 amide bonds. The SMILES string of the molecule is Cc1cccc(C2Cc3cc(F)ccc3C2=O)c1. The molecule has 0 spiro atoms. The molecule has 0 fully saturated rings. The first-order valence-electron chi connectivity index (χ1n) is 6.04. The first-order valence-corrected chi connectivity index (χ1v) is 6.04. The molecule has 1 aliphatic carbocycles. The molecule has 0 bridgehead atoms. The number of Topliss-reactive ketones (excluding diaryl/α,β-unsaturated/α-hetero) is 1. The predicted octanol–water partition coefficient (Wildman–Crippen LogP) is 3.66. The van der Waals surface area contributed by atoms with Crippen molar-refractivity contribution in [3.8, 4) is 0 Å². The molecule has 2 aromatic rings. The molecule has 1 unspecified atom stereocenters. The summed E-state index contributed by atoms with van der Waals surface area (Å²) in [5, 5.41) is 0. The van der Waals surface area contributed by atoms with Gasteiger partial charge in [0.05, 0.1) is 5.92 Å². The Hall–Kier alpha value is -1.96. The second-order valence-corrected chi connectivity index (χ2v) is 4.84. The largest absolute Gasteiger partial charge is 0.293 e. The lowest BCUT2D eigenvalue weighted by atomic mass is 9.94. The standard InChI is InChI=1S/C16H13FO/c1-10-3-2-4-11(7-10)15-9-12-8-13(17)5-6-14(12)16(15)18/h2-8,15H,9H2,1H3. The van der Waals surface area contributed by atoms with Crippen molar-refractivity contribution < 1.29 is 9.18 Å². The molecule has 1 atom stereocenters. The van der Waals surface area contributed by atoms with Crippen molar-refractivity contribution in [3.05, 3.63) is 70.5 Å². The maximum Gasteiger partial charge on any atom is 0.170 e. The maximum absolute atomic E-state index is 13.2. The van der Waals surface area contributed by atoms with Gasteiger partial charge in [0.25, 0.3) is 0 Å². The number of benzene rings is 2. The normalized spacial score (nSPS) is 17.9. The average Bonchev–Trinajstić information content (AvgIpc) is 2.66. The molecule has 3 rings (SSSR count). The summed E-state index contributed by atoms with van der Waals surface area (Å²) >= 11 is 0. The number of aryl methyl sites for hydroxylation is 1. The van der Waals surface area contributed by atoms with Crippen LogP contribution in [-0.2, 0) is 6.42 Å². The van der Waals surface area contributed by atoms with Crippen molar-refractivity contribution in [2.24, 2.45) is 0 Å². The highest BCUT2D eigenvalue weighted by Gasteiger charge is 2.31. The number of rotatable bonds is 1. The Balaban J connectivity index is 2.02. The molecule has 0 aromatic heterocycles. The van der Waals surface area contributed by atoms with Gasteiger partial charge in [-0.15, -0.1) is 0 Å². The quantitative estimate of drug-likeness (QED) is 0.743. The maximum atomic E-state index is 13.2. The van der Waals surface area contributed by atoms with Crippen LogP contribution >= 0.6 is 0 Å². The number of carbonyl (C=O) groups excluding carboxylic acids is 1. The topological polar surface area (TPSA) is 17.1 Å². The monoisotopic (exact) mass is 240 g/mol. The first-order chi connectivity index (χ1) is 8.65. The highest BCUT2D eigenvalue weighted by molar-refractivity contribution is 6.05. The minimum absolute atomic E-state index is 0.107. The Labute approximate surface area is 105 Å².